The van der Waals surface area contributed by atoms with Crippen LogP contribution in [0.3, 0.4) is 0 Å². The summed E-state index contributed by atoms with van der Waals surface area (Å²) < 4.78 is 3.10. The second-order valence-corrected chi connectivity index (χ2v) is 9.69. The molecular formula is C29H21N7O2S. The third-order valence-corrected chi connectivity index (χ3v) is 6.91. The molecule has 6 rings (SSSR count). The normalized spacial score (nSPS) is 11.7. The van der Waals surface area contributed by atoms with Gasteiger partial charge in [-0.2, -0.15) is 5.10 Å². The lowest BCUT2D eigenvalue weighted by molar-refractivity contribution is 0.0938. The van der Waals surface area contributed by atoms with Gasteiger partial charge < -0.3 is 5.32 Å². The van der Waals surface area contributed by atoms with Gasteiger partial charge in [0.2, 0.25) is 0 Å². The highest BCUT2D eigenvalue weighted by Crippen LogP contribution is 2.21. The fourth-order valence-electron chi connectivity index (χ4n) is 4.47. The first-order chi connectivity index (χ1) is 19.0. The Morgan fingerprint density at radius 1 is 1.08 bits per heavy atom. The lowest BCUT2D eigenvalue weighted by Gasteiger charge is -2.20. The number of aryl methyl sites for hydroxylation is 1. The Morgan fingerprint density at radius 3 is 2.72 bits per heavy atom. The Labute approximate surface area is 226 Å². The number of aromatic nitrogens is 6. The number of para-hydroxylation sites is 1. The summed E-state index contributed by atoms with van der Waals surface area (Å²) in [6.45, 7) is 3.56. The van der Waals surface area contributed by atoms with Crippen molar-refractivity contribution in [3.63, 3.8) is 0 Å². The van der Waals surface area contributed by atoms with Crippen LogP contribution in [0.5, 0.6) is 0 Å². The topological polar surface area (TPSA) is 107 Å². The third-order valence-electron chi connectivity index (χ3n) is 6.22. The molecule has 0 aliphatic carbocycles. The predicted octanol–water partition coefficient (Wildman–Crippen LogP) is 4.08. The van der Waals surface area contributed by atoms with Crippen LogP contribution < -0.4 is 10.9 Å². The molecule has 10 heteroatoms. The maximum absolute atomic E-state index is 14.1. The fraction of sp³-hybridized carbons (Fsp3) is 0.103. The second-order valence-electron chi connectivity index (χ2n) is 8.80. The first kappa shape index (κ1) is 24.2. The molecule has 0 spiro atoms. The van der Waals surface area contributed by atoms with Crippen molar-refractivity contribution in [3.8, 4) is 17.5 Å². The lowest BCUT2D eigenvalue weighted by Crippen LogP contribution is -2.33. The number of hydrogen-bond acceptors (Lipinski definition) is 7. The van der Waals surface area contributed by atoms with Crippen molar-refractivity contribution in [2.24, 2.45) is 0 Å². The molecule has 0 saturated carbocycles. The quantitative estimate of drug-likeness (QED) is 0.344. The van der Waals surface area contributed by atoms with E-state index in [9.17, 15) is 9.59 Å². The highest BCUT2D eigenvalue weighted by atomic mass is 32.1. The summed E-state index contributed by atoms with van der Waals surface area (Å²) in [6, 6.07) is 15.8. The summed E-state index contributed by atoms with van der Waals surface area (Å²) in [7, 11) is 0. The van der Waals surface area contributed by atoms with Gasteiger partial charge in [0.05, 0.1) is 44.9 Å². The van der Waals surface area contributed by atoms with Gasteiger partial charge in [-0.1, -0.05) is 30.2 Å². The van der Waals surface area contributed by atoms with E-state index in [1.165, 1.54) is 15.9 Å². The van der Waals surface area contributed by atoms with Crippen molar-refractivity contribution >= 4 is 33.8 Å². The summed E-state index contributed by atoms with van der Waals surface area (Å²) in [5, 5.41) is 7.80. The van der Waals surface area contributed by atoms with Crippen LogP contribution in [0, 0.1) is 18.8 Å². The Bertz CT molecular complexity index is 1970. The molecule has 190 valence electrons. The standard InChI is InChI=1S/C29H21N7O2S/c1-18-24(27-31-14-7-15-35(27)34-18)28(37)32-19(2)26-33-23-11-6-8-20(12-13-22-16-30-17-39-22)25(23)29(38)36(26)21-9-4-3-5-10-21/h3-11,14-17,19H,1-2H3,(H,32,37)/t19-/m1/s1. The van der Waals surface area contributed by atoms with Crippen LogP contribution in [0.4, 0.5) is 0 Å². The van der Waals surface area contributed by atoms with E-state index in [1.54, 1.807) is 60.7 Å². The number of thiazole rings is 1. The molecule has 4 heterocycles. The van der Waals surface area contributed by atoms with Crippen LogP contribution in [0.2, 0.25) is 0 Å². The van der Waals surface area contributed by atoms with Crippen LogP contribution in [-0.4, -0.2) is 35.0 Å². The minimum atomic E-state index is -0.625. The number of carbonyl (C=O) groups excluding carboxylic acids is 1. The molecule has 0 radical (unpaired) electrons. The first-order valence-corrected chi connectivity index (χ1v) is 13.0. The summed E-state index contributed by atoms with van der Waals surface area (Å²) in [5.74, 6) is 6.23. The van der Waals surface area contributed by atoms with E-state index in [1.807, 2.05) is 36.4 Å². The van der Waals surface area contributed by atoms with Crippen LogP contribution >= 0.6 is 11.3 Å². The van der Waals surface area contributed by atoms with Gasteiger partial charge in [-0.15, -0.1) is 11.3 Å². The molecule has 39 heavy (non-hydrogen) atoms. The highest BCUT2D eigenvalue weighted by molar-refractivity contribution is 7.10. The van der Waals surface area contributed by atoms with E-state index < -0.39 is 6.04 Å². The highest BCUT2D eigenvalue weighted by Gasteiger charge is 2.24. The fourth-order valence-corrected chi connectivity index (χ4v) is 4.94. The van der Waals surface area contributed by atoms with Crippen molar-refractivity contribution in [2.75, 3.05) is 0 Å². The Balaban J connectivity index is 1.48. The minimum absolute atomic E-state index is 0.273. The summed E-state index contributed by atoms with van der Waals surface area (Å²) in [4.78, 5) is 41.6. The van der Waals surface area contributed by atoms with Crippen LogP contribution in [0.1, 0.15) is 45.3 Å². The van der Waals surface area contributed by atoms with Gasteiger partial charge in [0.15, 0.2) is 5.65 Å². The molecule has 6 aromatic rings. The number of hydrogen-bond donors (Lipinski definition) is 1. The van der Waals surface area contributed by atoms with Gasteiger partial charge in [-0.25, -0.2) is 14.5 Å². The maximum Gasteiger partial charge on any atom is 0.267 e. The zero-order valence-electron chi connectivity index (χ0n) is 21.0. The average Bonchev–Trinajstić information content (AvgIpc) is 3.59. The molecule has 1 N–H and O–H groups in total. The van der Waals surface area contributed by atoms with E-state index in [4.69, 9.17) is 4.98 Å². The molecule has 0 bridgehead atoms. The SMILES string of the molecule is Cc1nn2cccnc2c1C(=O)N[C@H](C)c1nc2cccc(C#Cc3cncs3)c2c(=O)n1-c1ccccc1. The molecule has 1 amide bonds. The van der Waals surface area contributed by atoms with Crippen LogP contribution in [0.25, 0.3) is 22.2 Å². The Hall–Kier alpha value is -5.14. The number of amides is 1. The van der Waals surface area contributed by atoms with Gasteiger partial charge in [-0.3, -0.25) is 19.1 Å². The van der Waals surface area contributed by atoms with E-state index in [2.05, 4.69) is 32.2 Å². The molecule has 0 saturated heterocycles. The Kier molecular flexibility index (Phi) is 6.19. The van der Waals surface area contributed by atoms with Crippen molar-refractivity contribution < 1.29 is 4.79 Å². The maximum atomic E-state index is 14.1. The molecule has 0 fully saturated rings. The van der Waals surface area contributed by atoms with Crippen LogP contribution in [-0.2, 0) is 0 Å². The van der Waals surface area contributed by atoms with Crippen molar-refractivity contribution in [2.45, 2.75) is 19.9 Å². The molecule has 0 unspecified atom stereocenters. The predicted molar refractivity (Wildman–Crippen MR) is 149 cm³/mol. The lowest BCUT2D eigenvalue weighted by atomic mass is 10.1. The van der Waals surface area contributed by atoms with E-state index in [0.717, 1.165) is 4.88 Å². The van der Waals surface area contributed by atoms with E-state index >= 15 is 0 Å². The molecule has 2 aromatic carbocycles. The number of rotatable bonds is 4. The van der Waals surface area contributed by atoms with Gasteiger partial charge in [0, 0.05) is 18.0 Å². The third kappa shape index (κ3) is 4.45. The molecule has 1 atom stereocenters. The monoisotopic (exact) mass is 531 g/mol. The first-order valence-electron chi connectivity index (χ1n) is 12.1. The second kappa shape index (κ2) is 9.96. The molecular weight excluding hydrogens is 510 g/mol. The molecule has 0 aliphatic heterocycles. The number of fused-ring (bicyclic) bond motifs is 2. The van der Waals surface area contributed by atoms with Gasteiger partial charge in [-0.05, 0) is 50.1 Å². The van der Waals surface area contributed by atoms with Crippen molar-refractivity contribution in [1.29, 1.82) is 0 Å². The van der Waals surface area contributed by atoms with Gasteiger partial charge in [0.1, 0.15) is 11.4 Å². The largest absolute Gasteiger partial charge is 0.342 e. The number of nitrogens with one attached hydrogen (secondary N) is 1. The molecule has 0 aliphatic rings. The van der Waals surface area contributed by atoms with Crippen molar-refractivity contribution in [3.05, 3.63) is 117 Å². The smallest absolute Gasteiger partial charge is 0.267 e. The number of benzene rings is 2. The van der Waals surface area contributed by atoms with Gasteiger partial charge >= 0.3 is 0 Å². The Morgan fingerprint density at radius 2 is 1.92 bits per heavy atom. The average molecular weight is 532 g/mol. The summed E-state index contributed by atoms with van der Waals surface area (Å²) >= 11 is 1.43. The number of carbonyl (C=O) groups is 1. The van der Waals surface area contributed by atoms with Gasteiger partial charge in [0.25, 0.3) is 11.5 Å². The van der Waals surface area contributed by atoms with E-state index in [-0.39, 0.29) is 11.5 Å². The molecule has 9 nitrogen and oxygen atoms in total. The minimum Gasteiger partial charge on any atom is -0.342 e. The van der Waals surface area contributed by atoms with E-state index in [0.29, 0.717) is 44.9 Å². The zero-order valence-corrected chi connectivity index (χ0v) is 21.8. The van der Waals surface area contributed by atoms with Crippen LogP contribution in [0.15, 0.2) is 83.5 Å². The summed E-state index contributed by atoms with van der Waals surface area (Å²) in [5.41, 5.74) is 4.51. The number of nitrogens with zero attached hydrogens (tertiary/aromatic N) is 6. The van der Waals surface area contributed by atoms with Crippen molar-refractivity contribution in [1.82, 2.24) is 34.4 Å². The zero-order chi connectivity index (χ0) is 26.9. The molecule has 4 aromatic heterocycles. The summed E-state index contributed by atoms with van der Waals surface area (Å²) in [6.07, 6.45) is 5.04.